The summed E-state index contributed by atoms with van der Waals surface area (Å²) in [7, 11) is 0. The van der Waals surface area contributed by atoms with Gasteiger partial charge in [0.15, 0.2) is 0 Å². The Morgan fingerprint density at radius 1 is 0.844 bits per heavy atom. The van der Waals surface area contributed by atoms with E-state index in [1.54, 1.807) is 0 Å². The van der Waals surface area contributed by atoms with Gasteiger partial charge in [0.05, 0.1) is 35.5 Å². The zero-order valence-corrected chi connectivity index (χ0v) is 18.6. The van der Waals surface area contributed by atoms with Crippen LogP contribution < -0.4 is 5.01 Å². The van der Waals surface area contributed by atoms with Gasteiger partial charge in [-0.2, -0.15) is 10.2 Å². The van der Waals surface area contributed by atoms with Crippen molar-refractivity contribution in [2.45, 2.75) is 33.2 Å². The Balaban J connectivity index is 1.59. The molecule has 1 aliphatic rings. The van der Waals surface area contributed by atoms with Crippen LogP contribution in [0, 0.1) is 5.41 Å². The van der Waals surface area contributed by atoms with Crippen LogP contribution in [0.1, 0.15) is 37.1 Å². The summed E-state index contributed by atoms with van der Waals surface area (Å²) in [6.45, 7) is 5.35. The molecule has 0 atom stereocenters. The second-order valence-electron chi connectivity index (χ2n) is 9.20. The predicted molar refractivity (Wildman–Crippen MR) is 131 cm³/mol. The van der Waals surface area contributed by atoms with E-state index in [9.17, 15) is 0 Å². The molecule has 160 valence electrons. The molecule has 0 saturated carbocycles. The zero-order valence-electron chi connectivity index (χ0n) is 18.6. The molecule has 0 amide bonds. The highest BCUT2D eigenvalue weighted by molar-refractivity contribution is 6.03. The van der Waals surface area contributed by atoms with E-state index < -0.39 is 0 Å². The first-order valence-corrected chi connectivity index (χ1v) is 11.2. The highest BCUT2D eigenvalue weighted by atomic mass is 15.5. The largest absolute Gasteiger partial charge is 0.261 e. The maximum atomic E-state index is 5.24. The lowest BCUT2D eigenvalue weighted by molar-refractivity contribution is 0.364. The quantitative estimate of drug-likeness (QED) is 0.357. The normalized spacial score (nSPS) is 16.0. The van der Waals surface area contributed by atoms with Crippen LogP contribution in [0.3, 0.4) is 0 Å². The summed E-state index contributed by atoms with van der Waals surface area (Å²) in [6, 6.07) is 31.3. The van der Waals surface area contributed by atoms with Crippen molar-refractivity contribution in [3.8, 4) is 5.69 Å². The van der Waals surface area contributed by atoms with Crippen molar-refractivity contribution in [3.05, 3.63) is 114 Å². The average molecular weight is 421 g/mol. The third-order valence-electron chi connectivity index (χ3n) is 5.94. The maximum absolute atomic E-state index is 5.24. The molecule has 0 radical (unpaired) electrons. The van der Waals surface area contributed by atoms with Gasteiger partial charge in [0.1, 0.15) is 0 Å². The summed E-state index contributed by atoms with van der Waals surface area (Å²) in [4.78, 5) is 0. The smallest absolute Gasteiger partial charge is 0.0721 e. The van der Waals surface area contributed by atoms with E-state index in [0.29, 0.717) is 0 Å². The van der Waals surface area contributed by atoms with E-state index in [2.05, 4.69) is 102 Å². The summed E-state index contributed by atoms with van der Waals surface area (Å²) < 4.78 is 2.08. The second kappa shape index (κ2) is 8.46. The van der Waals surface area contributed by atoms with Crippen LogP contribution in [-0.2, 0) is 13.0 Å². The molecule has 0 fully saturated rings. The molecule has 4 aromatic rings. The Morgan fingerprint density at radius 3 is 2.16 bits per heavy atom. The number of hydrazone groups is 1. The molecular weight excluding hydrogens is 392 g/mol. The Bertz CT molecular complexity index is 1210. The van der Waals surface area contributed by atoms with Crippen molar-refractivity contribution < 1.29 is 0 Å². The summed E-state index contributed by atoms with van der Waals surface area (Å²) in [5, 5.41) is 12.1. The molecule has 0 saturated heterocycles. The molecule has 0 unspecified atom stereocenters. The first kappa shape index (κ1) is 20.3. The molecule has 32 heavy (non-hydrogen) atoms. The van der Waals surface area contributed by atoms with Gasteiger partial charge >= 0.3 is 0 Å². The number of hydrogen-bond acceptors (Lipinski definition) is 3. The highest BCUT2D eigenvalue weighted by Gasteiger charge is 2.33. The number of benzene rings is 3. The Hall–Kier alpha value is -3.66. The number of nitrogens with zero attached hydrogens (tertiary/aromatic N) is 4. The van der Waals surface area contributed by atoms with Crippen LogP contribution in [0.5, 0.6) is 0 Å². The summed E-state index contributed by atoms with van der Waals surface area (Å²) in [5.41, 5.74) is 7.00. The molecule has 0 N–H and O–H groups in total. The monoisotopic (exact) mass is 420 g/mol. The average Bonchev–Trinajstić information content (AvgIpc) is 3.23. The minimum absolute atomic E-state index is 0.105. The molecule has 0 bridgehead atoms. The van der Waals surface area contributed by atoms with Crippen LogP contribution in [0.15, 0.2) is 102 Å². The fraction of sp³-hybridized carbons (Fsp3) is 0.214. The first-order chi connectivity index (χ1) is 15.6. The van der Waals surface area contributed by atoms with Crippen molar-refractivity contribution in [1.82, 2.24) is 9.78 Å². The third kappa shape index (κ3) is 4.22. The number of anilines is 1. The van der Waals surface area contributed by atoms with E-state index in [1.165, 1.54) is 11.3 Å². The lowest BCUT2D eigenvalue weighted by Crippen LogP contribution is -2.30. The van der Waals surface area contributed by atoms with Gasteiger partial charge in [-0.25, -0.2) is 4.68 Å². The van der Waals surface area contributed by atoms with Gasteiger partial charge < -0.3 is 0 Å². The van der Waals surface area contributed by atoms with Crippen LogP contribution in [-0.4, -0.2) is 15.5 Å². The minimum Gasteiger partial charge on any atom is -0.261 e. The van der Waals surface area contributed by atoms with Gasteiger partial charge in [-0.1, -0.05) is 80.6 Å². The molecule has 1 aromatic heterocycles. The molecule has 0 spiro atoms. The van der Waals surface area contributed by atoms with E-state index in [4.69, 9.17) is 10.2 Å². The van der Waals surface area contributed by atoms with Gasteiger partial charge in [-0.3, -0.25) is 5.01 Å². The molecule has 0 aliphatic heterocycles. The third-order valence-corrected chi connectivity index (χ3v) is 5.94. The fourth-order valence-electron chi connectivity index (χ4n) is 4.42. The predicted octanol–water partition coefficient (Wildman–Crippen LogP) is 6.26. The van der Waals surface area contributed by atoms with Gasteiger partial charge in [-0.15, -0.1) is 0 Å². The Kier molecular flexibility index (Phi) is 5.36. The topological polar surface area (TPSA) is 33.4 Å². The molecular formula is C28H28N4. The maximum Gasteiger partial charge on any atom is 0.0721 e. The molecule has 4 nitrogen and oxygen atoms in total. The van der Waals surface area contributed by atoms with Crippen LogP contribution in [0.25, 0.3) is 5.69 Å². The SMILES string of the molecule is CC1(C)C/C(=N\N(Cc2ccccc2)c2ccccc2)c2cnn(-c3ccccc3)c2C1. The number of aromatic nitrogens is 2. The molecule has 1 aliphatic carbocycles. The van der Waals surface area contributed by atoms with Crippen molar-refractivity contribution in [2.75, 3.05) is 5.01 Å². The highest BCUT2D eigenvalue weighted by Crippen LogP contribution is 2.36. The number of rotatable bonds is 5. The van der Waals surface area contributed by atoms with Gasteiger partial charge in [0.25, 0.3) is 0 Å². The first-order valence-electron chi connectivity index (χ1n) is 11.2. The number of fused-ring (bicyclic) bond motifs is 1. The number of hydrogen-bond donors (Lipinski definition) is 0. The standard InChI is InChI=1S/C28H28N4/c1-28(2)18-26(25-20-29-32(27(25)19-28)24-16-10-5-11-17-24)30-31(23-14-8-4-9-15-23)21-22-12-6-3-7-13-22/h3-17,20H,18-19,21H2,1-2H3/b30-26+. The molecule has 1 heterocycles. The minimum atomic E-state index is 0.105. The van der Waals surface area contributed by atoms with Crippen LogP contribution in [0.4, 0.5) is 5.69 Å². The van der Waals surface area contributed by atoms with E-state index in [-0.39, 0.29) is 5.41 Å². The lowest BCUT2D eigenvalue weighted by Gasteiger charge is -2.32. The fourth-order valence-corrected chi connectivity index (χ4v) is 4.42. The summed E-state index contributed by atoms with van der Waals surface area (Å²) in [5.74, 6) is 0. The van der Waals surface area contributed by atoms with Crippen LogP contribution >= 0.6 is 0 Å². The Labute approximate surface area is 189 Å². The van der Waals surface area contributed by atoms with Gasteiger partial charge in [-0.05, 0) is 48.1 Å². The second-order valence-corrected chi connectivity index (χ2v) is 9.20. The van der Waals surface area contributed by atoms with Crippen molar-refractivity contribution in [1.29, 1.82) is 0 Å². The van der Waals surface area contributed by atoms with Crippen molar-refractivity contribution in [3.63, 3.8) is 0 Å². The molecule has 3 aromatic carbocycles. The van der Waals surface area contributed by atoms with E-state index in [0.717, 1.165) is 42.0 Å². The van der Waals surface area contributed by atoms with Crippen molar-refractivity contribution in [2.24, 2.45) is 10.5 Å². The van der Waals surface area contributed by atoms with Crippen LogP contribution in [0.2, 0.25) is 0 Å². The summed E-state index contributed by atoms with van der Waals surface area (Å²) in [6.07, 6.45) is 3.88. The van der Waals surface area contributed by atoms with E-state index in [1.807, 2.05) is 18.3 Å². The molecule has 4 heteroatoms. The number of para-hydroxylation sites is 2. The lowest BCUT2D eigenvalue weighted by atomic mass is 9.76. The zero-order chi connectivity index (χ0) is 22.0. The molecule has 5 rings (SSSR count). The van der Waals surface area contributed by atoms with Gasteiger partial charge in [0, 0.05) is 5.56 Å². The summed E-state index contributed by atoms with van der Waals surface area (Å²) >= 11 is 0. The Morgan fingerprint density at radius 2 is 1.47 bits per heavy atom. The van der Waals surface area contributed by atoms with Gasteiger partial charge in [0.2, 0.25) is 0 Å². The van der Waals surface area contributed by atoms with Crippen molar-refractivity contribution >= 4 is 11.4 Å². The van der Waals surface area contributed by atoms with E-state index >= 15 is 0 Å².